The zero-order valence-electron chi connectivity index (χ0n) is 71.5. The molecule has 21 aliphatic rings. The first-order valence-electron chi connectivity index (χ1n) is 44.5. The average Bonchev–Trinajstić information content (AvgIpc) is 1.51. The molecule has 18 saturated carbocycles. The largest absolute Gasteiger partial charge is 0.743 e. The van der Waals surface area contributed by atoms with Gasteiger partial charge in [-0.3, -0.25) is 28.8 Å². The van der Waals surface area contributed by atoms with Crippen LogP contribution in [0, 0.1) is 148 Å². The van der Waals surface area contributed by atoms with E-state index in [1.807, 2.05) is 6.92 Å². The van der Waals surface area contributed by atoms with Gasteiger partial charge in [0.1, 0.15) is 93.1 Å². The predicted octanol–water partition coefficient (Wildman–Crippen LogP) is 5.68. The molecule has 18 bridgehead atoms. The summed E-state index contributed by atoms with van der Waals surface area (Å²) in [5, 5.41) is -14.6. The third kappa shape index (κ3) is 16.7. The molecule has 21 rings (SSSR count). The van der Waals surface area contributed by atoms with E-state index in [0.717, 1.165) is 77.0 Å². The topological polar surface area (TPSA) is 515 Å². The van der Waals surface area contributed by atoms with Crippen LogP contribution in [-0.4, -0.2) is 238 Å². The van der Waals surface area contributed by atoms with E-state index in [4.69, 9.17) is 56.8 Å². The summed E-state index contributed by atoms with van der Waals surface area (Å²) in [6, 6.07) is 0. The molecule has 0 radical (unpaired) electrons. The van der Waals surface area contributed by atoms with Crippen molar-refractivity contribution < 1.29 is 194 Å². The van der Waals surface area contributed by atoms with Gasteiger partial charge in [0.15, 0.2) is 48.7 Å². The molecular weight excluding hydrogens is 1800 g/mol. The minimum atomic E-state index is -6.08. The van der Waals surface area contributed by atoms with E-state index < -0.39 is 282 Å². The molecule has 0 aromatic rings. The molecule has 3 aliphatic heterocycles. The molecule has 21 fully saturated rings. The van der Waals surface area contributed by atoms with Crippen LogP contribution in [0.5, 0.6) is 0 Å². The Morgan fingerprint density at radius 2 is 0.628 bits per heavy atom. The minimum Gasteiger partial charge on any atom is -0.743 e. The number of hydrogen-bond acceptors (Lipinski definition) is 36. The Bertz CT molecular complexity index is 4770. The molecule has 45 heteroatoms. The number of halogens is 6. The standard InChI is InChI=1S/C29H38F2O12S.C28H36F2O12S.C27H34F2O12S/c1-12(2)28(16-5-14-4-15(7-16)8-17(28)6-14)43-27(35)23-19-9-18-22(23)26(34)42-25(18)24(19)41-21(33)11-39-10-20(32)40-13(3)29(30,31)44(36,37)38;1-3-27(15-5-13-4-14(7-15)8-16(27)6-13)42-26(34)22-18-9-17-21(22)25(33)41-24(17)23(18)40-20(32)11-38-10-19(31)39-12(2)28(29,30)43(35,36)37;1-11(27(28,29)42(34,35)36)38-18(30)9-37-10-19(31)39-22-17-8-16-20(24(32)40-23(16)22)21(17)25(33)41-26(2)14-4-12-3-13(6-14)7-15(26)5-12/h12-19,22-25H,4-11H2,1-3H3,(H,36,37,38);12-18,21-24H,3-11H2,1-2H3,(H,35,36,37);11-17,20-23H,3-10H2,1-2H3,(H,34,35,36)/p-3. The van der Waals surface area contributed by atoms with E-state index in [2.05, 4.69) is 35.0 Å². The molecule has 0 amide bonds. The van der Waals surface area contributed by atoms with Gasteiger partial charge in [0.25, 0.3) is 0 Å². The van der Waals surface area contributed by atoms with Crippen LogP contribution >= 0.6 is 0 Å². The smallest absolute Gasteiger partial charge is 0.370 e. The molecular formula is C84H105F6O36S3-3. The summed E-state index contributed by atoms with van der Waals surface area (Å²) in [4.78, 5) is 153. The van der Waals surface area contributed by atoms with Crippen LogP contribution in [0.15, 0.2) is 0 Å². The highest BCUT2D eigenvalue weighted by Gasteiger charge is 2.75. The number of carbonyl (C=O) groups excluding carboxylic acids is 12. The average molecular weight is 1900 g/mol. The Kier molecular flexibility index (Phi) is 25.3. The van der Waals surface area contributed by atoms with Crippen LogP contribution in [0.25, 0.3) is 0 Å². The molecule has 36 nitrogen and oxygen atoms in total. The maximum absolute atomic E-state index is 14.0. The summed E-state index contributed by atoms with van der Waals surface area (Å²) >= 11 is 0. The first-order chi connectivity index (χ1) is 60.3. The molecule has 3 saturated heterocycles. The Balaban J connectivity index is 0.000000142. The van der Waals surface area contributed by atoms with Gasteiger partial charge >= 0.3 is 87.4 Å². The first-order valence-corrected chi connectivity index (χ1v) is 48.7. The number of esters is 12. The maximum Gasteiger partial charge on any atom is 0.370 e. The Morgan fingerprint density at radius 3 is 0.899 bits per heavy atom. The van der Waals surface area contributed by atoms with Gasteiger partial charge in [-0.25, -0.2) is 54.0 Å². The van der Waals surface area contributed by atoms with Crippen LogP contribution in [0.3, 0.4) is 0 Å². The molecule has 21 unspecified atom stereocenters. The third-order valence-corrected chi connectivity index (χ3v) is 36.0. The SMILES string of the molecule is CC(C)C1(OC(=O)C2C3CC4C(OC(=O)C42)C3OC(=O)COCC(=O)OC(C)C(F)(F)S(=O)(=O)[O-])C2CC3CC(C2)CC1C3.CC(OC(=O)COCC(=O)OC1C2CC3C1OC(=O)C3C2C(=O)OC1(C)C2CC3CC(C2)CC1C3)C(F)(F)S(=O)(=O)[O-].CCC1(OC(=O)C2C3CC4C(OC(=O)C42)C3OC(=O)COCC(=O)OC(C)C(F)(F)S(=O)(=O)[O-])C2CC3CC(C2)CC1C3. The molecule has 18 aliphatic carbocycles. The maximum atomic E-state index is 14.0. The third-order valence-electron chi connectivity index (χ3n) is 33.0. The summed E-state index contributed by atoms with van der Waals surface area (Å²) in [6.07, 6.45) is 5.53. The van der Waals surface area contributed by atoms with Crippen molar-refractivity contribution in [1.82, 2.24) is 0 Å². The fourth-order valence-electron chi connectivity index (χ4n) is 28.1. The van der Waals surface area contributed by atoms with Crippen LogP contribution in [-0.2, 0) is 159 Å². The lowest BCUT2D eigenvalue weighted by Crippen LogP contribution is -2.63. The summed E-state index contributed by atoms with van der Waals surface area (Å²) < 4.78 is 257. The van der Waals surface area contributed by atoms with Crippen LogP contribution in [0.4, 0.5) is 26.3 Å². The van der Waals surface area contributed by atoms with Crippen LogP contribution < -0.4 is 0 Å². The van der Waals surface area contributed by atoms with Crippen molar-refractivity contribution in [3.05, 3.63) is 0 Å². The highest BCUT2D eigenvalue weighted by atomic mass is 32.2. The fourth-order valence-corrected chi connectivity index (χ4v) is 29.5. The van der Waals surface area contributed by atoms with Crippen LogP contribution in [0.2, 0.25) is 0 Å². The summed E-state index contributed by atoms with van der Waals surface area (Å²) in [5.74, 6) is -11.1. The molecule has 3 heterocycles. The van der Waals surface area contributed by atoms with E-state index in [1.54, 1.807) is 0 Å². The fraction of sp³-hybridized carbons (Fsp3) is 0.857. The van der Waals surface area contributed by atoms with Crippen molar-refractivity contribution in [2.45, 2.75) is 258 Å². The van der Waals surface area contributed by atoms with Gasteiger partial charge in [-0.15, -0.1) is 0 Å². The summed E-state index contributed by atoms with van der Waals surface area (Å²) in [5.41, 5.74) is -1.74. The number of alkyl halides is 6. The van der Waals surface area contributed by atoms with Gasteiger partial charge in [-0.05, 0) is 227 Å². The Labute approximate surface area is 737 Å². The molecule has 0 spiro atoms. The van der Waals surface area contributed by atoms with Crippen LogP contribution in [0.1, 0.15) is 170 Å². The van der Waals surface area contributed by atoms with Gasteiger partial charge < -0.3 is 84.7 Å². The number of fused-ring (bicyclic) bond motifs is 3. The lowest BCUT2D eigenvalue weighted by Gasteiger charge is -2.62. The second-order valence-corrected chi connectivity index (χ2v) is 44.4. The van der Waals surface area contributed by atoms with Gasteiger partial charge in [0, 0.05) is 35.5 Å². The highest BCUT2D eigenvalue weighted by Crippen LogP contribution is 2.68. The number of carbonyl (C=O) groups is 12. The van der Waals surface area contributed by atoms with Gasteiger partial charge in [-0.2, -0.15) is 26.3 Å². The van der Waals surface area contributed by atoms with Crippen molar-refractivity contribution in [2.75, 3.05) is 39.6 Å². The zero-order chi connectivity index (χ0) is 93.3. The molecule has 720 valence electrons. The van der Waals surface area contributed by atoms with Crippen molar-refractivity contribution in [3.63, 3.8) is 0 Å². The van der Waals surface area contributed by atoms with E-state index >= 15 is 0 Å². The Hall–Kier alpha value is -7.17. The summed E-state index contributed by atoms with van der Waals surface area (Å²) in [7, 11) is -18.2. The lowest BCUT2D eigenvalue weighted by atomic mass is 9.47. The van der Waals surface area contributed by atoms with Gasteiger partial charge in [0.05, 0.1) is 35.5 Å². The van der Waals surface area contributed by atoms with Crippen molar-refractivity contribution >= 4 is 102 Å². The summed E-state index contributed by atoms with van der Waals surface area (Å²) in [6.45, 7) is 4.37. The quantitative estimate of drug-likeness (QED) is 0.0338. The Morgan fingerprint density at radius 1 is 0.372 bits per heavy atom. The molecule has 129 heavy (non-hydrogen) atoms. The number of hydrogen-bond donors (Lipinski definition) is 0. The van der Waals surface area contributed by atoms with E-state index in [1.165, 1.54) is 19.3 Å². The highest BCUT2D eigenvalue weighted by molar-refractivity contribution is 7.87. The minimum absolute atomic E-state index is 0.0969. The first kappa shape index (κ1) is 95.0. The second-order valence-electron chi connectivity index (χ2n) is 40.0. The van der Waals surface area contributed by atoms with Gasteiger partial charge in [-0.1, -0.05) is 20.8 Å². The second kappa shape index (κ2) is 34.3. The number of ether oxygens (including phenoxy) is 15. The number of rotatable bonds is 32. The molecule has 0 N–H and O–H groups in total. The molecule has 0 aromatic carbocycles. The van der Waals surface area contributed by atoms with E-state index in [0.29, 0.717) is 93.8 Å². The van der Waals surface area contributed by atoms with Crippen molar-refractivity contribution in [2.24, 2.45) is 148 Å². The van der Waals surface area contributed by atoms with Crippen molar-refractivity contribution in [3.8, 4) is 0 Å². The van der Waals surface area contributed by atoms with E-state index in [-0.39, 0.29) is 47.3 Å². The molecule has 0 aromatic heterocycles. The van der Waals surface area contributed by atoms with Crippen molar-refractivity contribution in [1.29, 1.82) is 0 Å². The monoisotopic (exact) mass is 1900 g/mol. The predicted molar refractivity (Wildman–Crippen MR) is 406 cm³/mol. The molecule has 21 atom stereocenters. The van der Waals surface area contributed by atoms with E-state index in [9.17, 15) is 123 Å². The normalized spacial score (nSPS) is 41.2. The zero-order valence-corrected chi connectivity index (χ0v) is 73.9. The lowest BCUT2D eigenvalue weighted by molar-refractivity contribution is -0.231. The van der Waals surface area contributed by atoms with Gasteiger partial charge in [0.2, 0.25) is 0 Å².